The molecule has 0 radical (unpaired) electrons. The highest BCUT2D eigenvalue weighted by Crippen LogP contribution is 2.05. The summed E-state index contributed by atoms with van der Waals surface area (Å²) in [5.41, 5.74) is 0.853. The number of hydrogen-bond donors (Lipinski definition) is 0. The Bertz CT molecular complexity index is 494. The molecule has 0 bridgehead atoms. The van der Waals surface area contributed by atoms with Gasteiger partial charge in [-0.2, -0.15) is 8.42 Å². The molecule has 0 amide bonds. The van der Waals surface area contributed by atoms with Crippen LogP contribution in [0.1, 0.15) is 25.3 Å². The van der Waals surface area contributed by atoms with Crippen LogP contribution in [-0.2, 0) is 14.3 Å². The first-order valence-electron chi connectivity index (χ1n) is 5.46. The van der Waals surface area contributed by atoms with E-state index in [0.29, 0.717) is 6.42 Å². The summed E-state index contributed by atoms with van der Waals surface area (Å²) in [6, 6.07) is 9.42. The van der Waals surface area contributed by atoms with Crippen LogP contribution in [0.2, 0.25) is 0 Å². The third-order valence-electron chi connectivity index (χ3n) is 1.99. The fourth-order valence-corrected chi connectivity index (χ4v) is 1.87. The zero-order valence-electron chi connectivity index (χ0n) is 10.0. The fourth-order valence-electron chi connectivity index (χ4n) is 1.30. The van der Waals surface area contributed by atoms with Crippen LogP contribution in [0.3, 0.4) is 0 Å². The molecule has 17 heavy (non-hydrogen) atoms. The third kappa shape index (κ3) is 6.10. The average Bonchev–Trinajstić information content (AvgIpc) is 2.26. The molecule has 1 atom stereocenters. The second-order valence-electron chi connectivity index (χ2n) is 3.71. The Morgan fingerprint density at radius 3 is 2.47 bits per heavy atom. The SMILES string of the molecule is CCCC(C#Cc1ccccc1)OS(C)(=O)=O. The van der Waals surface area contributed by atoms with E-state index < -0.39 is 16.2 Å². The van der Waals surface area contributed by atoms with E-state index in [2.05, 4.69) is 11.8 Å². The zero-order chi connectivity index (χ0) is 12.7. The molecule has 0 saturated heterocycles. The van der Waals surface area contributed by atoms with Crippen LogP contribution in [-0.4, -0.2) is 20.8 Å². The first-order chi connectivity index (χ1) is 8.01. The molecule has 1 aromatic rings. The molecule has 0 aromatic heterocycles. The van der Waals surface area contributed by atoms with Crippen LogP contribution in [0.5, 0.6) is 0 Å². The fraction of sp³-hybridized carbons (Fsp3) is 0.385. The molecule has 0 N–H and O–H groups in total. The maximum atomic E-state index is 11.0. The Morgan fingerprint density at radius 2 is 1.94 bits per heavy atom. The lowest BCUT2D eigenvalue weighted by molar-refractivity contribution is 0.255. The highest BCUT2D eigenvalue weighted by molar-refractivity contribution is 7.86. The van der Waals surface area contributed by atoms with Crippen molar-refractivity contribution in [2.24, 2.45) is 0 Å². The van der Waals surface area contributed by atoms with Crippen molar-refractivity contribution in [3.8, 4) is 11.8 Å². The molecule has 1 rings (SSSR count). The predicted octanol–water partition coefficient (Wildman–Crippen LogP) is 2.18. The summed E-state index contributed by atoms with van der Waals surface area (Å²) in [7, 11) is -3.45. The molecule has 3 nitrogen and oxygen atoms in total. The number of hydrogen-bond acceptors (Lipinski definition) is 3. The van der Waals surface area contributed by atoms with Gasteiger partial charge >= 0.3 is 0 Å². The van der Waals surface area contributed by atoms with Crippen molar-refractivity contribution in [3.05, 3.63) is 35.9 Å². The second kappa shape index (κ2) is 6.43. The molecular weight excluding hydrogens is 236 g/mol. The first-order valence-corrected chi connectivity index (χ1v) is 7.28. The maximum Gasteiger partial charge on any atom is 0.265 e. The van der Waals surface area contributed by atoms with Gasteiger partial charge in [-0.25, -0.2) is 0 Å². The molecule has 0 heterocycles. The Kier molecular flexibility index (Phi) is 5.20. The van der Waals surface area contributed by atoms with Crippen LogP contribution in [0.4, 0.5) is 0 Å². The Morgan fingerprint density at radius 1 is 1.29 bits per heavy atom. The normalized spacial score (nSPS) is 12.6. The van der Waals surface area contributed by atoms with Gasteiger partial charge in [0.05, 0.1) is 6.26 Å². The van der Waals surface area contributed by atoms with E-state index in [1.807, 2.05) is 37.3 Å². The van der Waals surface area contributed by atoms with Crippen molar-refractivity contribution < 1.29 is 12.6 Å². The summed E-state index contributed by atoms with van der Waals surface area (Å²) in [4.78, 5) is 0. The molecule has 0 spiro atoms. The molecule has 1 aromatic carbocycles. The highest BCUT2D eigenvalue weighted by atomic mass is 32.2. The zero-order valence-corrected chi connectivity index (χ0v) is 10.8. The minimum Gasteiger partial charge on any atom is -0.254 e. The van der Waals surface area contributed by atoms with Crippen LogP contribution in [0.15, 0.2) is 30.3 Å². The molecule has 0 aliphatic carbocycles. The first kappa shape index (κ1) is 13.8. The molecule has 92 valence electrons. The monoisotopic (exact) mass is 252 g/mol. The minimum atomic E-state index is -3.45. The topological polar surface area (TPSA) is 43.4 Å². The van der Waals surface area contributed by atoms with Crippen LogP contribution in [0.25, 0.3) is 0 Å². The van der Waals surface area contributed by atoms with Crippen molar-refractivity contribution in [2.75, 3.05) is 6.26 Å². The van der Waals surface area contributed by atoms with Gasteiger partial charge in [-0.15, -0.1) is 0 Å². The van der Waals surface area contributed by atoms with E-state index in [1.165, 1.54) is 0 Å². The van der Waals surface area contributed by atoms with Crippen molar-refractivity contribution in [1.29, 1.82) is 0 Å². The van der Waals surface area contributed by atoms with E-state index in [1.54, 1.807) is 0 Å². The van der Waals surface area contributed by atoms with Gasteiger partial charge in [-0.3, -0.25) is 4.18 Å². The standard InChI is InChI=1S/C13H16O3S/c1-3-7-13(16-17(2,14)15)11-10-12-8-5-4-6-9-12/h4-6,8-9,13H,3,7H2,1-2H3. The van der Waals surface area contributed by atoms with E-state index in [0.717, 1.165) is 18.2 Å². The van der Waals surface area contributed by atoms with Crippen molar-refractivity contribution in [3.63, 3.8) is 0 Å². The van der Waals surface area contributed by atoms with Crippen molar-refractivity contribution in [2.45, 2.75) is 25.9 Å². The van der Waals surface area contributed by atoms with Gasteiger partial charge in [0, 0.05) is 5.56 Å². The molecule has 0 fully saturated rings. The molecule has 0 aliphatic rings. The summed E-state index contributed by atoms with van der Waals surface area (Å²) in [6.07, 6.45) is 1.91. The van der Waals surface area contributed by atoms with E-state index >= 15 is 0 Å². The largest absolute Gasteiger partial charge is 0.265 e. The van der Waals surface area contributed by atoms with E-state index in [4.69, 9.17) is 4.18 Å². The molecule has 1 unspecified atom stereocenters. The van der Waals surface area contributed by atoms with Gasteiger partial charge in [0.25, 0.3) is 10.1 Å². The Balaban J connectivity index is 2.77. The minimum absolute atomic E-state index is 0.560. The summed E-state index contributed by atoms with van der Waals surface area (Å²) < 4.78 is 27.0. The predicted molar refractivity (Wildman–Crippen MR) is 67.9 cm³/mol. The second-order valence-corrected chi connectivity index (χ2v) is 5.31. The van der Waals surface area contributed by atoms with E-state index in [9.17, 15) is 8.42 Å². The smallest absolute Gasteiger partial charge is 0.254 e. The molecule has 0 saturated carbocycles. The lowest BCUT2D eigenvalue weighted by Gasteiger charge is -2.08. The average molecular weight is 252 g/mol. The number of benzene rings is 1. The Hall–Kier alpha value is -1.31. The summed E-state index contributed by atoms with van der Waals surface area (Å²) >= 11 is 0. The van der Waals surface area contributed by atoms with Gasteiger partial charge in [0.2, 0.25) is 0 Å². The molecular formula is C13H16O3S. The molecule has 0 aliphatic heterocycles. The number of rotatable bonds is 4. The Labute approximate surface area is 103 Å². The lowest BCUT2D eigenvalue weighted by Crippen LogP contribution is -2.15. The third-order valence-corrected chi connectivity index (χ3v) is 2.57. The van der Waals surface area contributed by atoms with Gasteiger partial charge in [0.1, 0.15) is 6.10 Å². The van der Waals surface area contributed by atoms with Crippen molar-refractivity contribution >= 4 is 10.1 Å². The van der Waals surface area contributed by atoms with Gasteiger partial charge in [-0.1, -0.05) is 43.4 Å². The van der Waals surface area contributed by atoms with Crippen LogP contribution >= 0.6 is 0 Å². The highest BCUT2D eigenvalue weighted by Gasteiger charge is 2.11. The van der Waals surface area contributed by atoms with Crippen molar-refractivity contribution in [1.82, 2.24) is 0 Å². The van der Waals surface area contributed by atoms with Gasteiger partial charge in [0.15, 0.2) is 0 Å². The summed E-state index contributed by atoms with van der Waals surface area (Å²) in [6.45, 7) is 1.96. The maximum absolute atomic E-state index is 11.0. The summed E-state index contributed by atoms with van der Waals surface area (Å²) in [5, 5.41) is 0. The van der Waals surface area contributed by atoms with Crippen LogP contribution < -0.4 is 0 Å². The lowest BCUT2D eigenvalue weighted by atomic mass is 10.2. The summed E-state index contributed by atoms with van der Waals surface area (Å²) in [5.74, 6) is 5.75. The van der Waals surface area contributed by atoms with Crippen LogP contribution in [0, 0.1) is 11.8 Å². The van der Waals surface area contributed by atoms with Gasteiger partial charge in [-0.05, 0) is 18.6 Å². The van der Waals surface area contributed by atoms with Gasteiger partial charge < -0.3 is 0 Å². The molecule has 4 heteroatoms. The van der Waals surface area contributed by atoms with E-state index in [-0.39, 0.29) is 0 Å². The quantitative estimate of drug-likeness (QED) is 0.609.